The van der Waals surface area contributed by atoms with Gasteiger partial charge in [-0.1, -0.05) is 12.2 Å². The third kappa shape index (κ3) is 4.23. The Kier molecular flexibility index (Phi) is 5.27. The van der Waals surface area contributed by atoms with Gasteiger partial charge in [0.25, 0.3) is 0 Å². The Labute approximate surface area is 134 Å². The number of methoxy groups -OCH3 is 1. The number of nitrogens with zero attached hydrogens (tertiary/aromatic N) is 2. The average Bonchev–Trinajstić information content (AvgIpc) is 2.83. The molecule has 1 aromatic carbocycles. The molecule has 0 aliphatic heterocycles. The zero-order valence-electron chi connectivity index (χ0n) is 12.4. The zero-order chi connectivity index (χ0) is 15.4. The van der Waals surface area contributed by atoms with E-state index in [0.29, 0.717) is 4.99 Å². The van der Waals surface area contributed by atoms with Crippen molar-refractivity contribution >= 4 is 28.5 Å². The molecule has 112 valence electrons. The Balaban J connectivity index is 2.13. The zero-order valence-corrected chi connectivity index (χ0v) is 14.1. The van der Waals surface area contributed by atoms with Crippen LogP contribution < -0.4 is 10.5 Å². The molecule has 2 aromatic rings. The lowest BCUT2D eigenvalue weighted by atomic mass is 10.1. The van der Waals surface area contributed by atoms with E-state index in [9.17, 15) is 0 Å². The maximum absolute atomic E-state index is 5.70. The van der Waals surface area contributed by atoms with E-state index in [0.717, 1.165) is 40.7 Å². The number of hydrogen-bond donors (Lipinski definition) is 1. The molecule has 2 N–H and O–H groups in total. The molecule has 0 saturated carbocycles. The smallest absolute Gasteiger partial charge is 0.123 e. The van der Waals surface area contributed by atoms with Gasteiger partial charge in [-0.25, -0.2) is 4.98 Å². The van der Waals surface area contributed by atoms with Gasteiger partial charge < -0.3 is 10.5 Å². The van der Waals surface area contributed by atoms with Crippen molar-refractivity contribution in [3.63, 3.8) is 0 Å². The van der Waals surface area contributed by atoms with Gasteiger partial charge in [0.15, 0.2) is 0 Å². The van der Waals surface area contributed by atoms with E-state index < -0.39 is 0 Å². The third-order valence-electron chi connectivity index (χ3n) is 3.10. The molecule has 0 spiro atoms. The van der Waals surface area contributed by atoms with Crippen molar-refractivity contribution in [1.29, 1.82) is 0 Å². The monoisotopic (exact) mass is 321 g/mol. The fourth-order valence-electron chi connectivity index (χ4n) is 2.16. The lowest BCUT2D eigenvalue weighted by Crippen LogP contribution is -2.19. The predicted molar refractivity (Wildman–Crippen MR) is 90.9 cm³/mol. The number of nitrogens with two attached hydrogens (primary N) is 1. The van der Waals surface area contributed by atoms with E-state index in [1.807, 2.05) is 25.1 Å². The van der Waals surface area contributed by atoms with Gasteiger partial charge in [0.05, 0.1) is 17.8 Å². The summed E-state index contributed by atoms with van der Waals surface area (Å²) in [6, 6.07) is 5.78. The summed E-state index contributed by atoms with van der Waals surface area (Å²) >= 11 is 6.71. The second kappa shape index (κ2) is 6.98. The Hall–Kier alpha value is -1.50. The summed E-state index contributed by atoms with van der Waals surface area (Å²) in [6.45, 7) is 3.56. The molecule has 0 fully saturated rings. The second-order valence-corrected chi connectivity index (χ2v) is 6.42. The van der Waals surface area contributed by atoms with Crippen LogP contribution in [0.3, 0.4) is 0 Å². The van der Waals surface area contributed by atoms with Crippen LogP contribution >= 0.6 is 23.6 Å². The van der Waals surface area contributed by atoms with E-state index in [1.165, 1.54) is 0 Å². The highest BCUT2D eigenvalue weighted by Crippen LogP contribution is 2.22. The van der Waals surface area contributed by atoms with Crippen LogP contribution in [0.4, 0.5) is 0 Å². The number of thiazole rings is 1. The molecule has 2 rings (SSSR count). The summed E-state index contributed by atoms with van der Waals surface area (Å²) in [7, 11) is 3.73. The molecule has 0 atom stereocenters. The molecule has 6 heteroatoms. The molecular formula is C15H19N3OS2. The summed E-state index contributed by atoms with van der Waals surface area (Å²) in [5, 5.41) is 3.18. The normalized spacial score (nSPS) is 10.9. The van der Waals surface area contributed by atoms with Gasteiger partial charge in [0, 0.05) is 29.6 Å². The van der Waals surface area contributed by atoms with Crippen LogP contribution in [0.15, 0.2) is 23.6 Å². The van der Waals surface area contributed by atoms with Crippen LogP contribution in [0.5, 0.6) is 5.75 Å². The average molecular weight is 321 g/mol. The Morgan fingerprint density at radius 2 is 2.19 bits per heavy atom. The van der Waals surface area contributed by atoms with Crippen molar-refractivity contribution in [2.45, 2.75) is 20.0 Å². The Morgan fingerprint density at radius 1 is 1.43 bits per heavy atom. The van der Waals surface area contributed by atoms with Gasteiger partial charge in [-0.3, -0.25) is 4.90 Å². The van der Waals surface area contributed by atoms with Gasteiger partial charge in [0.2, 0.25) is 0 Å². The molecule has 21 heavy (non-hydrogen) atoms. The molecular weight excluding hydrogens is 302 g/mol. The number of thiocarbonyl (C=S) groups is 1. The number of rotatable bonds is 6. The summed E-state index contributed by atoms with van der Waals surface area (Å²) < 4.78 is 5.41. The molecule has 0 bridgehead atoms. The lowest BCUT2D eigenvalue weighted by Gasteiger charge is -2.18. The maximum atomic E-state index is 5.70. The van der Waals surface area contributed by atoms with Crippen molar-refractivity contribution in [3.8, 4) is 5.75 Å². The molecule has 0 aliphatic rings. The van der Waals surface area contributed by atoms with Crippen molar-refractivity contribution in [2.75, 3.05) is 14.2 Å². The number of ether oxygens (including phenoxy) is 1. The minimum absolute atomic E-state index is 0.400. The van der Waals surface area contributed by atoms with Crippen LogP contribution in [0, 0.1) is 6.92 Å². The van der Waals surface area contributed by atoms with E-state index in [1.54, 1.807) is 18.4 Å². The molecule has 0 saturated heterocycles. The lowest BCUT2D eigenvalue weighted by molar-refractivity contribution is 0.307. The first-order valence-corrected chi connectivity index (χ1v) is 7.84. The molecule has 0 aliphatic carbocycles. The van der Waals surface area contributed by atoms with E-state index in [-0.39, 0.29) is 0 Å². The van der Waals surface area contributed by atoms with Gasteiger partial charge in [-0.2, -0.15) is 0 Å². The summed E-state index contributed by atoms with van der Waals surface area (Å²) in [4.78, 5) is 7.08. The predicted octanol–water partition coefficient (Wildman–Crippen LogP) is 2.73. The Morgan fingerprint density at radius 3 is 2.76 bits per heavy atom. The number of aromatic nitrogens is 1. The SMILES string of the molecule is COc1ccc(C(N)=S)cc1CN(C)Cc1csc(C)n1. The summed E-state index contributed by atoms with van der Waals surface area (Å²) in [5.74, 6) is 0.844. The summed E-state index contributed by atoms with van der Waals surface area (Å²) in [6.07, 6.45) is 0. The Bertz CT molecular complexity index is 640. The first kappa shape index (κ1) is 15.9. The highest BCUT2D eigenvalue weighted by atomic mass is 32.1. The fourth-order valence-corrected chi connectivity index (χ4v) is 2.89. The van der Waals surface area contributed by atoms with E-state index in [2.05, 4.69) is 22.3 Å². The van der Waals surface area contributed by atoms with Crippen LogP contribution in [0.1, 0.15) is 21.8 Å². The number of hydrogen-bond acceptors (Lipinski definition) is 5. The van der Waals surface area contributed by atoms with Gasteiger partial charge in [-0.05, 0) is 32.2 Å². The molecule has 0 amide bonds. The molecule has 4 nitrogen and oxygen atoms in total. The van der Waals surface area contributed by atoms with Gasteiger partial charge in [0.1, 0.15) is 10.7 Å². The largest absolute Gasteiger partial charge is 0.496 e. The summed E-state index contributed by atoms with van der Waals surface area (Å²) in [5.41, 5.74) is 8.71. The third-order valence-corrected chi connectivity index (χ3v) is 4.16. The van der Waals surface area contributed by atoms with Crippen LogP contribution in [-0.4, -0.2) is 29.0 Å². The van der Waals surface area contributed by atoms with Crippen molar-refractivity contribution in [3.05, 3.63) is 45.4 Å². The fraction of sp³-hybridized carbons (Fsp3) is 0.333. The van der Waals surface area contributed by atoms with Gasteiger partial charge >= 0.3 is 0 Å². The molecule has 1 heterocycles. The van der Waals surface area contributed by atoms with Crippen molar-refractivity contribution in [2.24, 2.45) is 5.73 Å². The molecule has 0 radical (unpaired) electrons. The standard InChI is InChI=1S/C15H19N3OS2/c1-10-17-13(9-21-10)8-18(2)7-12-6-11(15(16)20)4-5-14(12)19-3/h4-6,9H,7-8H2,1-3H3,(H2,16,20). The van der Waals surface area contributed by atoms with Gasteiger partial charge in [-0.15, -0.1) is 11.3 Å². The topological polar surface area (TPSA) is 51.4 Å². The van der Waals surface area contributed by atoms with Crippen LogP contribution in [0.2, 0.25) is 0 Å². The molecule has 0 unspecified atom stereocenters. The minimum atomic E-state index is 0.400. The molecule has 1 aromatic heterocycles. The van der Waals surface area contributed by atoms with Crippen LogP contribution in [0.25, 0.3) is 0 Å². The van der Waals surface area contributed by atoms with Crippen molar-refractivity contribution in [1.82, 2.24) is 9.88 Å². The van der Waals surface area contributed by atoms with Crippen LogP contribution in [-0.2, 0) is 13.1 Å². The maximum Gasteiger partial charge on any atom is 0.123 e. The number of aryl methyl sites for hydroxylation is 1. The second-order valence-electron chi connectivity index (χ2n) is 4.92. The number of benzene rings is 1. The highest BCUT2D eigenvalue weighted by Gasteiger charge is 2.10. The van der Waals surface area contributed by atoms with E-state index >= 15 is 0 Å². The quantitative estimate of drug-likeness (QED) is 0.829. The first-order valence-electron chi connectivity index (χ1n) is 6.56. The van der Waals surface area contributed by atoms with E-state index in [4.69, 9.17) is 22.7 Å². The highest BCUT2D eigenvalue weighted by molar-refractivity contribution is 7.80. The minimum Gasteiger partial charge on any atom is -0.496 e. The first-order chi connectivity index (χ1) is 9.99. The van der Waals surface area contributed by atoms with Crippen molar-refractivity contribution < 1.29 is 4.74 Å².